The van der Waals surface area contributed by atoms with Crippen LogP contribution in [-0.4, -0.2) is 102 Å². The minimum Gasteiger partial charge on any atom is -0.318 e. The van der Waals surface area contributed by atoms with Crippen molar-refractivity contribution in [3.05, 3.63) is 158 Å². The van der Waals surface area contributed by atoms with Gasteiger partial charge in [0.1, 0.15) is 0 Å². The van der Waals surface area contributed by atoms with Crippen LogP contribution in [-0.2, 0) is 0 Å². The van der Waals surface area contributed by atoms with Gasteiger partial charge in [0.05, 0.1) is 65.8 Å². The molecule has 9 heterocycles. The number of carbonyl (C=O) groups is 3. The van der Waals surface area contributed by atoms with E-state index >= 15 is 4.39 Å². The summed E-state index contributed by atoms with van der Waals surface area (Å²) in [7, 11) is 0. The molecule has 3 aromatic heterocycles. The molecule has 6 aliphatic rings. The molecule has 6 unspecified atom stereocenters. The quantitative estimate of drug-likeness (QED) is 0.109. The van der Waals surface area contributed by atoms with Crippen molar-refractivity contribution in [1.29, 1.82) is 15.8 Å². The van der Waals surface area contributed by atoms with E-state index in [9.17, 15) is 14.4 Å². The van der Waals surface area contributed by atoms with Crippen LogP contribution in [0.4, 0.5) is 4.39 Å². The van der Waals surface area contributed by atoms with Gasteiger partial charge < -0.3 is 13.7 Å². The van der Waals surface area contributed by atoms with E-state index in [0.717, 1.165) is 70.2 Å². The van der Waals surface area contributed by atoms with E-state index in [1.807, 2.05) is 88.4 Å². The number of aromatic nitrogens is 3. The van der Waals surface area contributed by atoms with Gasteiger partial charge >= 0.3 is 0 Å². The molecule has 80 heavy (non-hydrogen) atoms. The van der Waals surface area contributed by atoms with Crippen molar-refractivity contribution >= 4 is 17.3 Å². The first-order valence-corrected chi connectivity index (χ1v) is 29.0. The first-order chi connectivity index (χ1) is 38.3. The van der Waals surface area contributed by atoms with Crippen LogP contribution in [0.15, 0.2) is 84.9 Å². The summed E-state index contributed by atoms with van der Waals surface area (Å²) in [6.45, 7) is 22.2. The largest absolute Gasteiger partial charge is 0.318 e. The van der Waals surface area contributed by atoms with E-state index in [1.54, 1.807) is 42.7 Å². The lowest BCUT2D eigenvalue weighted by Gasteiger charge is -2.22. The number of hydrogen-bond donors (Lipinski definition) is 0. The van der Waals surface area contributed by atoms with E-state index in [1.165, 1.54) is 32.1 Å². The summed E-state index contributed by atoms with van der Waals surface area (Å²) < 4.78 is 21.0. The van der Waals surface area contributed by atoms with Crippen LogP contribution in [0.3, 0.4) is 0 Å². The average molecular weight is 1070 g/mol. The SMILES string of the molecule is Cc1c(F)c(C(=O)CN2C3CCC2[C@H](C)C3)c(C)n1-c1ccc(C#N)cc1.Cc1cc(C(=O)CN2C3CCC2[C@H](C)C3)c(C)n1-c1ccc(C#N)cc1.Cc1cc(C(=O)CN2C3CCC2[C@H](C)[C@@H]3C)c(C)n1-c1ccc(C#N)cc1. The molecule has 0 spiro atoms. The van der Waals surface area contributed by atoms with Crippen molar-refractivity contribution in [1.82, 2.24) is 28.4 Å². The van der Waals surface area contributed by atoms with E-state index in [0.29, 0.717) is 108 Å². The molecule has 0 aliphatic carbocycles. The van der Waals surface area contributed by atoms with Gasteiger partial charge in [0.25, 0.3) is 0 Å². The van der Waals surface area contributed by atoms with E-state index in [2.05, 4.69) is 69.7 Å². The zero-order valence-corrected chi connectivity index (χ0v) is 48.3. The number of benzene rings is 3. The number of ketones is 3. The second-order valence-electron chi connectivity index (χ2n) is 24.2. The lowest BCUT2D eigenvalue weighted by atomic mass is 9.82. The van der Waals surface area contributed by atoms with Crippen LogP contribution in [0, 0.1) is 105 Å². The summed E-state index contributed by atoms with van der Waals surface area (Å²) in [6.07, 6.45) is 9.62. The number of halogens is 1. The Balaban J connectivity index is 0.000000135. The minimum atomic E-state index is -0.429. The average Bonchev–Trinajstić information content (AvgIpc) is 4.42. The van der Waals surface area contributed by atoms with E-state index < -0.39 is 5.82 Å². The Morgan fingerprint density at radius 2 is 0.812 bits per heavy atom. The van der Waals surface area contributed by atoms with Gasteiger partial charge in [-0.15, -0.1) is 0 Å². The van der Waals surface area contributed by atoms with Crippen molar-refractivity contribution in [2.24, 2.45) is 23.7 Å². The summed E-state index contributed by atoms with van der Waals surface area (Å²) >= 11 is 0. The van der Waals surface area contributed by atoms with Crippen LogP contribution in [0.2, 0.25) is 0 Å². The molecule has 0 amide bonds. The highest BCUT2D eigenvalue weighted by molar-refractivity contribution is 6.00. The number of hydrogen-bond acceptors (Lipinski definition) is 9. The molecular formula is C67H76FN9O3. The fourth-order valence-electron chi connectivity index (χ4n) is 15.5. The Morgan fingerprint density at radius 1 is 0.463 bits per heavy atom. The number of carbonyl (C=O) groups excluding carboxylic acids is 3. The third-order valence-corrected chi connectivity index (χ3v) is 19.7. The Hall–Kier alpha value is -7.21. The molecule has 12 rings (SSSR count). The normalized spacial score (nSPS) is 25.4. The van der Waals surface area contributed by atoms with E-state index in [4.69, 9.17) is 15.8 Å². The summed E-state index contributed by atoms with van der Waals surface area (Å²) in [4.78, 5) is 46.4. The molecule has 414 valence electrons. The molecular weight excluding hydrogens is 998 g/mol. The van der Waals surface area contributed by atoms with Gasteiger partial charge in [-0.2, -0.15) is 15.8 Å². The van der Waals surface area contributed by atoms with Crippen molar-refractivity contribution in [3.63, 3.8) is 0 Å². The van der Waals surface area contributed by atoms with Crippen molar-refractivity contribution < 1.29 is 18.8 Å². The van der Waals surface area contributed by atoms with Crippen LogP contribution in [0.25, 0.3) is 17.1 Å². The molecule has 0 saturated carbocycles. The molecule has 6 aliphatic heterocycles. The van der Waals surface area contributed by atoms with Gasteiger partial charge in [0.15, 0.2) is 23.2 Å². The maximum Gasteiger partial charge on any atom is 0.181 e. The van der Waals surface area contributed by atoms with Gasteiger partial charge in [0.2, 0.25) is 0 Å². The summed E-state index contributed by atoms with van der Waals surface area (Å²) in [6, 6.07) is 35.7. The molecule has 6 fully saturated rings. The maximum atomic E-state index is 15.0. The fourth-order valence-corrected chi connectivity index (χ4v) is 15.5. The summed E-state index contributed by atoms with van der Waals surface area (Å²) in [5.41, 5.74) is 11.6. The standard InChI is InChI=1S/C23H27N3O.C22H24FN3O.C22H25N3O/c1-14-11-20(17(4)26(14)19-7-5-18(12-24)6-8-19)23(27)13-25-21-9-10-22(25)16(3)15(21)2;1-13-10-18-8-9-19(13)25(18)12-20(27)21-14(2)26(15(3)22(21)23)17-6-4-16(11-24)5-7-17;1-14-10-19-8-9-21(14)24(19)13-22(26)20-11-15(2)25(16(20)3)18-6-4-17(12-23)5-7-18/h5-8,11,15-16,21-22H,9-10,13H2,1-4H3;4-7,13,18-19H,8-10,12H2,1-3H3;4-7,11,14,19,21H,8-10,13H2,1-3H3/t15-,16+,21?,22?;13-,18?,19?;14-,19?,21?/m.11/s1. The van der Waals surface area contributed by atoms with Crippen molar-refractivity contribution in [2.75, 3.05) is 19.6 Å². The van der Waals surface area contributed by atoms with Gasteiger partial charge in [0, 0.05) is 92.9 Å². The lowest BCUT2D eigenvalue weighted by molar-refractivity contribution is 0.0903. The van der Waals surface area contributed by atoms with Crippen LogP contribution in [0.5, 0.6) is 0 Å². The number of aryl methyl sites for hydroxylation is 2. The maximum absolute atomic E-state index is 15.0. The molecule has 6 aromatic rings. The molecule has 0 radical (unpaired) electrons. The number of fused-ring (bicyclic) bond motifs is 6. The smallest absolute Gasteiger partial charge is 0.181 e. The first-order valence-electron chi connectivity index (χ1n) is 29.0. The minimum absolute atomic E-state index is 0.133. The third-order valence-electron chi connectivity index (χ3n) is 19.7. The lowest BCUT2D eigenvalue weighted by Crippen LogP contribution is -2.35. The van der Waals surface area contributed by atoms with Crippen LogP contribution < -0.4 is 0 Å². The number of rotatable bonds is 12. The Bertz CT molecular complexity index is 3460. The van der Waals surface area contributed by atoms with Crippen LogP contribution >= 0.6 is 0 Å². The molecule has 13 heteroatoms. The van der Waals surface area contributed by atoms with Gasteiger partial charge in [-0.3, -0.25) is 29.1 Å². The Morgan fingerprint density at radius 3 is 1.16 bits per heavy atom. The van der Waals surface area contributed by atoms with E-state index in [-0.39, 0.29) is 22.9 Å². The van der Waals surface area contributed by atoms with Gasteiger partial charge in [-0.1, -0.05) is 27.7 Å². The second kappa shape index (κ2) is 22.7. The van der Waals surface area contributed by atoms with Crippen LogP contribution in [0.1, 0.15) is 161 Å². The van der Waals surface area contributed by atoms with Crippen molar-refractivity contribution in [2.45, 2.75) is 157 Å². The predicted octanol–water partition coefficient (Wildman–Crippen LogP) is 12.4. The zero-order chi connectivity index (χ0) is 57.0. The molecule has 0 N–H and O–H groups in total. The predicted molar refractivity (Wildman–Crippen MR) is 309 cm³/mol. The molecule has 3 aromatic carbocycles. The number of Topliss-reactive ketones (excluding diaryl/α,β-unsaturated/α-hetero) is 3. The molecule has 10 atom stereocenters. The third kappa shape index (κ3) is 10.2. The highest BCUT2D eigenvalue weighted by atomic mass is 19.1. The molecule has 12 nitrogen and oxygen atoms in total. The van der Waals surface area contributed by atoms with Gasteiger partial charge in [-0.25, -0.2) is 4.39 Å². The van der Waals surface area contributed by atoms with Gasteiger partial charge in [-0.05, 0) is 202 Å². The number of nitrogens with zero attached hydrogens (tertiary/aromatic N) is 9. The topological polar surface area (TPSA) is 147 Å². The number of nitriles is 3. The summed E-state index contributed by atoms with van der Waals surface area (Å²) in [5.74, 6) is 2.59. The zero-order valence-electron chi connectivity index (χ0n) is 48.3. The summed E-state index contributed by atoms with van der Waals surface area (Å²) in [5, 5.41) is 26.9. The Labute approximate surface area is 472 Å². The monoisotopic (exact) mass is 1070 g/mol. The second-order valence-corrected chi connectivity index (χ2v) is 24.2. The fraction of sp³-hybridized carbons (Fsp3) is 0.463. The highest BCUT2D eigenvalue weighted by Gasteiger charge is 2.50. The Kier molecular flexibility index (Phi) is 15.9. The first kappa shape index (κ1) is 56.1. The molecule has 6 saturated heterocycles. The highest BCUT2D eigenvalue weighted by Crippen LogP contribution is 2.46. The molecule has 6 bridgehead atoms. The van der Waals surface area contributed by atoms with Crippen molar-refractivity contribution in [3.8, 4) is 35.3 Å².